The Balaban J connectivity index is 1.25. The van der Waals surface area contributed by atoms with Crippen LogP contribution in [0.3, 0.4) is 0 Å². The lowest BCUT2D eigenvalue weighted by molar-refractivity contribution is -0.384. The van der Waals surface area contributed by atoms with Gasteiger partial charge in [-0.15, -0.1) is 0 Å². The largest absolute Gasteiger partial charge is 0.490 e. The lowest BCUT2D eigenvalue weighted by Gasteiger charge is -2.28. The summed E-state index contributed by atoms with van der Waals surface area (Å²) in [5.74, 6) is 0.119. The van der Waals surface area contributed by atoms with Crippen LogP contribution in [0.4, 0.5) is 10.5 Å². The second-order valence-corrected chi connectivity index (χ2v) is 10.6. The maximum Gasteiger partial charge on any atom is 0.337 e. The molecule has 47 heavy (non-hydrogen) atoms. The lowest BCUT2D eigenvalue weighted by Crippen LogP contribution is -2.45. The number of benzene rings is 3. The molecule has 14 heteroatoms. The molecule has 4 N–H and O–H groups in total. The highest BCUT2D eigenvalue weighted by atomic mass is 16.6. The zero-order valence-corrected chi connectivity index (χ0v) is 25.9. The minimum Gasteiger partial charge on any atom is -0.490 e. The maximum atomic E-state index is 12.5. The van der Waals surface area contributed by atoms with Gasteiger partial charge in [-0.25, -0.2) is 9.59 Å². The molecule has 244 valence electrons. The summed E-state index contributed by atoms with van der Waals surface area (Å²) in [5.41, 5.74) is 6.58. The van der Waals surface area contributed by atoms with Crippen LogP contribution < -0.4 is 25.5 Å². The number of rotatable bonds is 13. The van der Waals surface area contributed by atoms with Crippen molar-refractivity contribution in [1.29, 1.82) is 0 Å². The molecule has 1 aliphatic heterocycles. The van der Waals surface area contributed by atoms with Crippen LogP contribution in [0.15, 0.2) is 89.3 Å². The summed E-state index contributed by atoms with van der Waals surface area (Å²) in [7, 11) is 1.27. The number of nitro groups is 1. The van der Waals surface area contributed by atoms with E-state index in [4.69, 9.17) is 14.2 Å². The Morgan fingerprint density at radius 3 is 2.64 bits per heavy atom. The standard InChI is InChI=1S/C33H34N6O8/c1-4-46-28-15-22(31-30(32(41)45-3)20(2)35-33(42)36-31)11-14-27(28)47-19-29(40)37-34-16-23-18-38(26-8-6-5-7-25(23)26)17-21-9-12-24(13-10-21)39(43)44/h5-16,18,29,31,37,40H,4,17,19H2,1-3H3,(H2,35,36,42)/b34-16+/t29-,31-/m1/s1. The number of aromatic nitrogens is 1. The van der Waals surface area contributed by atoms with Crippen molar-refractivity contribution < 1.29 is 33.8 Å². The molecule has 1 aromatic heterocycles. The number of carbonyl (C=O) groups excluding carboxylic acids is 2. The van der Waals surface area contributed by atoms with Crippen LogP contribution in [0.25, 0.3) is 10.9 Å². The van der Waals surface area contributed by atoms with Gasteiger partial charge in [0.2, 0.25) is 0 Å². The third kappa shape index (κ3) is 7.50. The molecular weight excluding hydrogens is 608 g/mol. The number of amides is 2. The van der Waals surface area contributed by atoms with Crippen LogP contribution in [-0.4, -0.2) is 59.4 Å². The number of esters is 1. The summed E-state index contributed by atoms with van der Waals surface area (Å²) in [6.07, 6.45) is 2.34. The highest BCUT2D eigenvalue weighted by Crippen LogP contribution is 2.35. The number of hydrogen-bond acceptors (Lipinski definition) is 10. The van der Waals surface area contributed by atoms with Crippen LogP contribution in [0.5, 0.6) is 11.5 Å². The summed E-state index contributed by atoms with van der Waals surface area (Å²) < 4.78 is 18.6. The van der Waals surface area contributed by atoms with Crippen molar-refractivity contribution in [3.05, 3.63) is 111 Å². The number of nitrogens with one attached hydrogen (secondary N) is 3. The van der Waals surface area contributed by atoms with Gasteiger partial charge in [-0.1, -0.05) is 36.4 Å². The van der Waals surface area contributed by atoms with Crippen molar-refractivity contribution in [2.75, 3.05) is 20.3 Å². The lowest BCUT2D eigenvalue weighted by atomic mass is 9.95. The molecule has 0 spiro atoms. The monoisotopic (exact) mass is 642 g/mol. The van der Waals surface area contributed by atoms with E-state index in [1.54, 1.807) is 50.4 Å². The molecule has 2 amide bonds. The number of hydrogen-bond donors (Lipinski definition) is 4. The van der Waals surface area contributed by atoms with Gasteiger partial charge in [0.1, 0.15) is 6.61 Å². The van der Waals surface area contributed by atoms with Crippen molar-refractivity contribution in [3.8, 4) is 11.5 Å². The minimum atomic E-state index is -1.17. The average molecular weight is 643 g/mol. The number of ether oxygens (including phenoxy) is 3. The third-order valence-corrected chi connectivity index (χ3v) is 7.42. The van der Waals surface area contributed by atoms with E-state index < -0.39 is 29.2 Å². The van der Waals surface area contributed by atoms with Crippen LogP contribution >= 0.6 is 0 Å². The van der Waals surface area contributed by atoms with Crippen molar-refractivity contribution >= 4 is 34.8 Å². The molecule has 2 heterocycles. The first-order valence-electron chi connectivity index (χ1n) is 14.7. The first-order valence-corrected chi connectivity index (χ1v) is 14.7. The van der Waals surface area contributed by atoms with Crippen LogP contribution in [0.1, 0.15) is 36.6 Å². The molecule has 3 aromatic carbocycles. The number of non-ortho nitro benzene ring substituents is 1. The Bertz CT molecular complexity index is 1850. The fourth-order valence-electron chi connectivity index (χ4n) is 5.24. The number of carbonyl (C=O) groups is 2. The number of aliphatic hydroxyl groups is 1. The van der Waals surface area contributed by atoms with Gasteiger partial charge in [-0.05, 0) is 43.2 Å². The fraction of sp³-hybridized carbons (Fsp3) is 0.242. The average Bonchev–Trinajstić information content (AvgIpc) is 3.40. The smallest absolute Gasteiger partial charge is 0.337 e. The minimum absolute atomic E-state index is 0.0348. The van der Waals surface area contributed by atoms with Gasteiger partial charge in [-0.2, -0.15) is 5.10 Å². The van der Waals surface area contributed by atoms with Gasteiger partial charge in [0.25, 0.3) is 5.69 Å². The summed E-state index contributed by atoms with van der Waals surface area (Å²) in [5, 5.41) is 32.0. The molecule has 0 bridgehead atoms. The number of nitro benzene ring substituents is 1. The number of para-hydroxylation sites is 1. The van der Waals surface area contributed by atoms with Gasteiger partial charge in [-0.3, -0.25) is 15.5 Å². The van der Waals surface area contributed by atoms with E-state index in [0.717, 1.165) is 22.0 Å². The first-order chi connectivity index (χ1) is 22.7. The van der Waals surface area contributed by atoms with Gasteiger partial charge in [0.05, 0.1) is 36.5 Å². The Morgan fingerprint density at radius 2 is 1.91 bits per heavy atom. The van der Waals surface area contributed by atoms with Crippen LogP contribution in [0.2, 0.25) is 0 Å². The van der Waals surface area contributed by atoms with E-state index in [0.29, 0.717) is 35.9 Å². The second-order valence-electron chi connectivity index (χ2n) is 10.6. The maximum absolute atomic E-state index is 12.5. The van der Waals surface area contributed by atoms with Crippen molar-refractivity contribution in [2.45, 2.75) is 32.7 Å². The third-order valence-electron chi connectivity index (χ3n) is 7.42. The molecule has 5 rings (SSSR count). The zero-order valence-electron chi connectivity index (χ0n) is 25.9. The highest BCUT2D eigenvalue weighted by Gasteiger charge is 2.32. The number of urea groups is 1. The van der Waals surface area contributed by atoms with Crippen molar-refractivity contribution in [2.24, 2.45) is 5.10 Å². The number of nitrogens with zero attached hydrogens (tertiary/aromatic N) is 3. The molecule has 0 aliphatic carbocycles. The summed E-state index contributed by atoms with van der Waals surface area (Å²) >= 11 is 0. The van der Waals surface area contributed by atoms with Crippen LogP contribution in [0, 0.1) is 10.1 Å². The van der Waals surface area contributed by atoms with E-state index in [-0.39, 0.29) is 17.9 Å². The Labute approximate surface area is 269 Å². The normalized spacial score (nSPS) is 15.2. The van der Waals surface area contributed by atoms with Gasteiger partial charge < -0.3 is 34.5 Å². The summed E-state index contributed by atoms with van der Waals surface area (Å²) in [6, 6.07) is 18.0. The zero-order chi connectivity index (χ0) is 33.5. The molecule has 14 nitrogen and oxygen atoms in total. The number of allylic oxidation sites excluding steroid dienone is 1. The number of fused-ring (bicyclic) bond motifs is 1. The molecule has 0 radical (unpaired) electrons. The van der Waals surface area contributed by atoms with Gasteiger partial charge >= 0.3 is 12.0 Å². The predicted octanol–water partition coefficient (Wildman–Crippen LogP) is 4.12. The van der Waals surface area contributed by atoms with Gasteiger partial charge in [0.15, 0.2) is 17.7 Å². The number of methoxy groups -OCH3 is 1. The second kappa shape index (κ2) is 14.5. The van der Waals surface area contributed by atoms with E-state index in [2.05, 4.69) is 21.2 Å². The SMILES string of the molecule is CCOc1cc([C@H]2NC(=O)NC(C)=C2C(=O)OC)ccc1OC[C@@H](O)N/N=C/c1cn(Cc2ccc([N+](=O)[O-])cc2)c2ccccc12. The van der Waals surface area contributed by atoms with E-state index in [1.807, 2.05) is 35.0 Å². The topological polar surface area (TPSA) is 179 Å². The van der Waals surface area contributed by atoms with Crippen LogP contribution in [-0.2, 0) is 16.1 Å². The molecule has 0 unspecified atom stereocenters. The van der Waals surface area contributed by atoms with Crippen molar-refractivity contribution in [1.82, 2.24) is 20.6 Å². The molecule has 0 fully saturated rings. The summed E-state index contributed by atoms with van der Waals surface area (Å²) in [6.45, 7) is 4.08. The number of hydrazone groups is 1. The molecule has 0 saturated carbocycles. The molecule has 1 aliphatic rings. The molecule has 2 atom stereocenters. The molecular formula is C33H34N6O8. The van der Waals surface area contributed by atoms with Crippen molar-refractivity contribution in [3.63, 3.8) is 0 Å². The Kier molecular flexibility index (Phi) is 10.0. The highest BCUT2D eigenvalue weighted by molar-refractivity contribution is 5.99. The first kappa shape index (κ1) is 32.5. The predicted molar refractivity (Wildman–Crippen MR) is 173 cm³/mol. The summed E-state index contributed by atoms with van der Waals surface area (Å²) in [4.78, 5) is 35.2. The van der Waals surface area contributed by atoms with E-state index in [9.17, 15) is 24.8 Å². The fourth-order valence-corrected chi connectivity index (χ4v) is 5.24. The molecule has 4 aromatic rings. The van der Waals surface area contributed by atoms with E-state index in [1.165, 1.54) is 19.2 Å². The Hall–Kier alpha value is -5.89. The quantitative estimate of drug-likeness (QED) is 0.0549. The molecule has 0 saturated heterocycles. The van der Waals surface area contributed by atoms with E-state index >= 15 is 0 Å². The number of aliphatic hydroxyl groups excluding tert-OH is 1. The Morgan fingerprint density at radius 1 is 1.15 bits per heavy atom. The van der Waals surface area contributed by atoms with Gasteiger partial charge in [0, 0.05) is 47.0 Å².